The van der Waals surface area contributed by atoms with E-state index in [-0.39, 0.29) is 11.9 Å². The van der Waals surface area contributed by atoms with E-state index in [0.717, 1.165) is 5.56 Å². The van der Waals surface area contributed by atoms with Crippen LogP contribution in [0.3, 0.4) is 0 Å². The van der Waals surface area contributed by atoms with Gasteiger partial charge in [0.05, 0.1) is 18.7 Å². The van der Waals surface area contributed by atoms with Crippen LogP contribution < -0.4 is 10.1 Å². The highest BCUT2D eigenvalue weighted by Gasteiger charge is 2.17. The summed E-state index contributed by atoms with van der Waals surface area (Å²) in [6.45, 7) is 7.75. The Bertz CT molecular complexity index is 519. The fraction of sp³-hybridized carbons (Fsp3) is 0.500. The summed E-state index contributed by atoms with van der Waals surface area (Å²) in [6, 6.07) is 7.29. The second kappa shape index (κ2) is 8.28. The molecule has 0 aliphatic rings. The van der Waals surface area contributed by atoms with Crippen molar-refractivity contribution >= 4 is 5.91 Å². The van der Waals surface area contributed by atoms with E-state index in [1.807, 2.05) is 26.8 Å². The van der Waals surface area contributed by atoms with Crippen LogP contribution in [0.15, 0.2) is 18.2 Å². The number of rotatable bonds is 7. The Kier molecular flexibility index (Phi) is 6.70. The molecule has 0 spiro atoms. The summed E-state index contributed by atoms with van der Waals surface area (Å²) >= 11 is 0. The van der Waals surface area contributed by atoms with E-state index in [9.17, 15) is 4.79 Å². The first kappa shape index (κ1) is 17.0. The Balaban J connectivity index is 2.67. The van der Waals surface area contributed by atoms with Crippen molar-refractivity contribution < 1.29 is 9.53 Å². The number of ether oxygens (including phenoxy) is 1. The van der Waals surface area contributed by atoms with Gasteiger partial charge in [-0.1, -0.05) is 6.07 Å². The number of carbonyl (C=O) groups is 1. The second-order valence-corrected chi connectivity index (χ2v) is 4.76. The van der Waals surface area contributed by atoms with E-state index in [4.69, 9.17) is 10.00 Å². The number of nitrogens with one attached hydrogen (secondary N) is 1. The topological polar surface area (TPSA) is 65.4 Å². The Labute approximate surface area is 126 Å². The molecule has 1 atom stereocenters. The Morgan fingerprint density at radius 2 is 2.10 bits per heavy atom. The molecule has 1 N–H and O–H groups in total. The standard InChI is InChI=1S/C16H23N3O2/c1-5-19(6-2)16(20)12(3)18-11-13-7-8-15(21-4)14(9-13)10-17/h7-9,12,18H,5-6,11H2,1-4H3. The number of nitriles is 1. The summed E-state index contributed by atoms with van der Waals surface area (Å²) < 4.78 is 5.11. The first-order valence-corrected chi connectivity index (χ1v) is 7.16. The summed E-state index contributed by atoms with van der Waals surface area (Å²) in [5, 5.41) is 12.3. The average Bonchev–Trinajstić information content (AvgIpc) is 2.53. The molecule has 5 nitrogen and oxygen atoms in total. The van der Waals surface area contributed by atoms with Gasteiger partial charge in [-0.25, -0.2) is 0 Å². The number of benzene rings is 1. The molecule has 1 aromatic carbocycles. The number of hydrogen-bond acceptors (Lipinski definition) is 4. The number of hydrogen-bond donors (Lipinski definition) is 1. The fourth-order valence-corrected chi connectivity index (χ4v) is 2.12. The van der Waals surface area contributed by atoms with E-state index in [1.54, 1.807) is 24.1 Å². The molecule has 0 aliphatic carbocycles. The summed E-state index contributed by atoms with van der Waals surface area (Å²) in [5.74, 6) is 0.655. The number of amides is 1. The zero-order valence-electron chi connectivity index (χ0n) is 13.1. The van der Waals surface area contributed by atoms with Gasteiger partial charge in [-0.15, -0.1) is 0 Å². The lowest BCUT2D eigenvalue weighted by Crippen LogP contribution is -2.44. The predicted molar refractivity (Wildman–Crippen MR) is 81.9 cm³/mol. The van der Waals surface area contributed by atoms with Crippen LogP contribution in [0.1, 0.15) is 31.9 Å². The summed E-state index contributed by atoms with van der Waals surface area (Å²) in [4.78, 5) is 13.9. The van der Waals surface area contributed by atoms with E-state index in [2.05, 4.69) is 11.4 Å². The van der Waals surface area contributed by atoms with Gasteiger partial charge in [0.1, 0.15) is 11.8 Å². The van der Waals surface area contributed by atoms with Crippen LogP contribution >= 0.6 is 0 Å². The highest BCUT2D eigenvalue weighted by molar-refractivity contribution is 5.81. The Hall–Kier alpha value is -2.06. The molecule has 0 heterocycles. The van der Waals surface area contributed by atoms with E-state index in [0.29, 0.717) is 30.9 Å². The van der Waals surface area contributed by atoms with E-state index in [1.165, 1.54) is 0 Å². The molecule has 0 saturated carbocycles. The highest BCUT2D eigenvalue weighted by atomic mass is 16.5. The maximum Gasteiger partial charge on any atom is 0.239 e. The van der Waals surface area contributed by atoms with Crippen molar-refractivity contribution in [1.82, 2.24) is 10.2 Å². The van der Waals surface area contributed by atoms with Crippen molar-refractivity contribution in [1.29, 1.82) is 5.26 Å². The van der Waals surface area contributed by atoms with Gasteiger partial charge in [0.25, 0.3) is 0 Å². The molecule has 0 bridgehead atoms. The lowest BCUT2D eigenvalue weighted by Gasteiger charge is -2.23. The first-order valence-electron chi connectivity index (χ1n) is 7.16. The molecule has 1 amide bonds. The van der Waals surface area contributed by atoms with Crippen molar-refractivity contribution in [2.45, 2.75) is 33.4 Å². The predicted octanol–water partition coefficient (Wildman–Crippen LogP) is 1.91. The molecule has 1 aromatic rings. The van der Waals surface area contributed by atoms with E-state index < -0.39 is 0 Å². The van der Waals surface area contributed by atoms with Crippen LogP contribution in [0.4, 0.5) is 0 Å². The number of nitrogens with zero attached hydrogens (tertiary/aromatic N) is 2. The molecule has 5 heteroatoms. The maximum atomic E-state index is 12.1. The zero-order valence-corrected chi connectivity index (χ0v) is 13.1. The average molecular weight is 289 g/mol. The smallest absolute Gasteiger partial charge is 0.239 e. The molecule has 0 saturated heterocycles. The molecule has 0 aliphatic heterocycles. The van der Waals surface area contributed by atoms with Crippen molar-refractivity contribution in [3.05, 3.63) is 29.3 Å². The summed E-state index contributed by atoms with van der Waals surface area (Å²) in [7, 11) is 1.54. The lowest BCUT2D eigenvalue weighted by atomic mass is 10.1. The largest absolute Gasteiger partial charge is 0.495 e. The van der Waals surface area contributed by atoms with Gasteiger partial charge in [-0.2, -0.15) is 5.26 Å². The van der Waals surface area contributed by atoms with Crippen LogP contribution in [-0.4, -0.2) is 37.0 Å². The van der Waals surface area contributed by atoms with Crippen LogP contribution in [0.2, 0.25) is 0 Å². The summed E-state index contributed by atoms with van der Waals surface area (Å²) in [5.41, 5.74) is 1.45. The maximum absolute atomic E-state index is 12.1. The molecule has 21 heavy (non-hydrogen) atoms. The zero-order chi connectivity index (χ0) is 15.8. The van der Waals surface area contributed by atoms with Crippen molar-refractivity contribution in [2.24, 2.45) is 0 Å². The molecule has 0 radical (unpaired) electrons. The molecule has 0 fully saturated rings. The van der Waals surface area contributed by atoms with Gasteiger partial charge >= 0.3 is 0 Å². The second-order valence-electron chi connectivity index (χ2n) is 4.76. The Morgan fingerprint density at radius 1 is 1.43 bits per heavy atom. The first-order chi connectivity index (χ1) is 10.1. The molecular formula is C16H23N3O2. The van der Waals surface area contributed by atoms with Crippen molar-refractivity contribution in [3.63, 3.8) is 0 Å². The van der Waals surface area contributed by atoms with Crippen LogP contribution in [0, 0.1) is 11.3 Å². The van der Waals surface area contributed by atoms with Gasteiger partial charge in [0.2, 0.25) is 5.91 Å². The summed E-state index contributed by atoms with van der Waals surface area (Å²) in [6.07, 6.45) is 0. The Morgan fingerprint density at radius 3 is 2.62 bits per heavy atom. The van der Waals surface area contributed by atoms with Gasteiger partial charge in [0.15, 0.2) is 0 Å². The molecule has 1 unspecified atom stereocenters. The minimum absolute atomic E-state index is 0.0917. The van der Waals surface area contributed by atoms with Crippen LogP contribution in [-0.2, 0) is 11.3 Å². The third kappa shape index (κ3) is 4.47. The van der Waals surface area contributed by atoms with Crippen molar-refractivity contribution in [3.8, 4) is 11.8 Å². The van der Waals surface area contributed by atoms with Gasteiger partial charge < -0.3 is 15.0 Å². The third-order valence-electron chi connectivity index (χ3n) is 3.44. The normalized spacial score (nSPS) is 11.6. The molecule has 114 valence electrons. The SMILES string of the molecule is CCN(CC)C(=O)C(C)NCc1ccc(OC)c(C#N)c1. The molecule has 1 rings (SSSR count). The molecule has 0 aromatic heterocycles. The quantitative estimate of drug-likeness (QED) is 0.833. The van der Waals surface area contributed by atoms with Gasteiger partial charge in [-0.05, 0) is 38.5 Å². The molecular weight excluding hydrogens is 266 g/mol. The minimum atomic E-state index is -0.252. The van der Waals surface area contributed by atoms with E-state index >= 15 is 0 Å². The highest BCUT2D eigenvalue weighted by Crippen LogP contribution is 2.18. The third-order valence-corrected chi connectivity index (χ3v) is 3.44. The number of methoxy groups -OCH3 is 1. The van der Waals surface area contributed by atoms with Crippen LogP contribution in [0.25, 0.3) is 0 Å². The number of carbonyl (C=O) groups excluding carboxylic acids is 1. The van der Waals surface area contributed by atoms with Crippen LogP contribution in [0.5, 0.6) is 5.75 Å². The fourth-order valence-electron chi connectivity index (χ4n) is 2.12. The lowest BCUT2D eigenvalue weighted by molar-refractivity contribution is -0.132. The monoisotopic (exact) mass is 289 g/mol. The van der Waals surface area contributed by atoms with Gasteiger partial charge in [0, 0.05) is 19.6 Å². The van der Waals surface area contributed by atoms with Gasteiger partial charge in [-0.3, -0.25) is 4.79 Å². The van der Waals surface area contributed by atoms with Crippen molar-refractivity contribution in [2.75, 3.05) is 20.2 Å². The minimum Gasteiger partial charge on any atom is -0.495 e. The number of likely N-dealkylation sites (N-methyl/N-ethyl adjacent to an activating group) is 1.